The Morgan fingerprint density at radius 1 is 1.41 bits per heavy atom. The fraction of sp³-hybridized carbons (Fsp3) is 0.538. The first-order valence-electron chi connectivity index (χ1n) is 6.16. The van der Waals surface area contributed by atoms with Crippen LogP contribution in [0.25, 0.3) is 0 Å². The number of hydrogen-bond donors (Lipinski definition) is 0. The Labute approximate surface area is 99.6 Å². The number of rotatable bonds is 4. The van der Waals surface area contributed by atoms with Crippen molar-refractivity contribution in [2.45, 2.75) is 31.7 Å². The molecule has 1 heterocycles. The molecule has 0 radical (unpaired) electrons. The SMILES string of the molecule is O=C(c1ccncc1F)N(CC1CC1)C1CC1. The molecule has 3 nitrogen and oxygen atoms in total. The van der Waals surface area contributed by atoms with E-state index in [0.29, 0.717) is 12.0 Å². The highest BCUT2D eigenvalue weighted by Gasteiger charge is 2.37. The number of carbonyl (C=O) groups is 1. The van der Waals surface area contributed by atoms with Crippen LogP contribution in [-0.4, -0.2) is 28.4 Å². The number of nitrogens with zero attached hydrogens (tertiary/aromatic N) is 2. The van der Waals surface area contributed by atoms with Gasteiger partial charge in [0, 0.05) is 18.8 Å². The van der Waals surface area contributed by atoms with Gasteiger partial charge in [-0.3, -0.25) is 9.78 Å². The molecule has 0 aliphatic heterocycles. The van der Waals surface area contributed by atoms with Crippen LogP contribution in [0.2, 0.25) is 0 Å². The van der Waals surface area contributed by atoms with Crippen LogP contribution in [-0.2, 0) is 0 Å². The normalized spacial score (nSPS) is 19.1. The van der Waals surface area contributed by atoms with Crippen LogP contribution in [0.1, 0.15) is 36.0 Å². The molecule has 1 aromatic heterocycles. The van der Waals surface area contributed by atoms with E-state index in [1.807, 2.05) is 4.90 Å². The zero-order valence-corrected chi connectivity index (χ0v) is 9.60. The molecule has 0 unspecified atom stereocenters. The summed E-state index contributed by atoms with van der Waals surface area (Å²) >= 11 is 0. The van der Waals surface area contributed by atoms with Gasteiger partial charge in [0.2, 0.25) is 0 Å². The van der Waals surface area contributed by atoms with E-state index in [-0.39, 0.29) is 11.5 Å². The quantitative estimate of drug-likeness (QED) is 0.800. The lowest BCUT2D eigenvalue weighted by molar-refractivity contribution is 0.0730. The summed E-state index contributed by atoms with van der Waals surface area (Å²) in [7, 11) is 0. The van der Waals surface area contributed by atoms with Gasteiger partial charge in [0.1, 0.15) is 0 Å². The molecule has 0 aromatic carbocycles. The number of halogens is 1. The van der Waals surface area contributed by atoms with Gasteiger partial charge in [0.25, 0.3) is 5.91 Å². The molecule has 0 N–H and O–H groups in total. The van der Waals surface area contributed by atoms with E-state index in [1.165, 1.54) is 25.1 Å². The van der Waals surface area contributed by atoms with Crippen molar-refractivity contribution < 1.29 is 9.18 Å². The Balaban J connectivity index is 1.80. The largest absolute Gasteiger partial charge is 0.335 e. The first-order valence-corrected chi connectivity index (χ1v) is 6.16. The van der Waals surface area contributed by atoms with Gasteiger partial charge in [-0.1, -0.05) is 0 Å². The zero-order valence-electron chi connectivity index (χ0n) is 9.60. The first-order chi connectivity index (χ1) is 8.25. The molecule has 1 amide bonds. The predicted octanol–water partition coefficient (Wildman–Crippen LogP) is 2.24. The molecule has 2 aliphatic rings. The highest BCUT2D eigenvalue weighted by atomic mass is 19.1. The van der Waals surface area contributed by atoms with E-state index >= 15 is 0 Å². The van der Waals surface area contributed by atoms with Crippen LogP contribution in [0.15, 0.2) is 18.5 Å². The van der Waals surface area contributed by atoms with Gasteiger partial charge in [-0.05, 0) is 37.7 Å². The number of carbonyl (C=O) groups excluding carboxylic acids is 1. The average Bonchev–Trinajstić information content (AvgIpc) is 3.17. The molecule has 1 aromatic rings. The van der Waals surface area contributed by atoms with Gasteiger partial charge < -0.3 is 4.90 Å². The van der Waals surface area contributed by atoms with Crippen molar-refractivity contribution in [3.05, 3.63) is 29.8 Å². The van der Waals surface area contributed by atoms with Crippen molar-refractivity contribution >= 4 is 5.91 Å². The van der Waals surface area contributed by atoms with E-state index in [0.717, 1.165) is 25.6 Å². The van der Waals surface area contributed by atoms with E-state index in [1.54, 1.807) is 0 Å². The maximum atomic E-state index is 13.5. The monoisotopic (exact) mass is 234 g/mol. The lowest BCUT2D eigenvalue weighted by atomic mass is 10.2. The molecule has 17 heavy (non-hydrogen) atoms. The Kier molecular flexibility index (Phi) is 2.57. The van der Waals surface area contributed by atoms with Crippen molar-refractivity contribution in [2.75, 3.05) is 6.54 Å². The maximum absolute atomic E-state index is 13.5. The van der Waals surface area contributed by atoms with Crippen molar-refractivity contribution in [3.8, 4) is 0 Å². The highest BCUT2D eigenvalue weighted by Crippen LogP contribution is 2.35. The summed E-state index contributed by atoms with van der Waals surface area (Å²) in [4.78, 5) is 17.8. The molecule has 0 spiro atoms. The molecular formula is C13H15FN2O. The number of amides is 1. The molecule has 3 rings (SSSR count). The van der Waals surface area contributed by atoms with Crippen molar-refractivity contribution in [1.82, 2.24) is 9.88 Å². The lowest BCUT2D eigenvalue weighted by Gasteiger charge is -2.22. The van der Waals surface area contributed by atoms with Gasteiger partial charge in [-0.2, -0.15) is 0 Å². The average molecular weight is 234 g/mol. The number of aromatic nitrogens is 1. The van der Waals surface area contributed by atoms with Gasteiger partial charge >= 0.3 is 0 Å². The third-order valence-electron chi connectivity index (χ3n) is 3.40. The predicted molar refractivity (Wildman–Crippen MR) is 61.0 cm³/mol. The molecule has 4 heteroatoms. The molecule has 2 fully saturated rings. The van der Waals surface area contributed by atoms with E-state index < -0.39 is 5.82 Å². The first kappa shape index (κ1) is 10.7. The molecule has 0 atom stereocenters. The van der Waals surface area contributed by atoms with Crippen molar-refractivity contribution in [1.29, 1.82) is 0 Å². The molecule has 0 saturated heterocycles. The third kappa shape index (κ3) is 2.30. The van der Waals surface area contributed by atoms with Gasteiger partial charge in [0.15, 0.2) is 5.82 Å². The summed E-state index contributed by atoms with van der Waals surface area (Å²) in [5, 5.41) is 0. The van der Waals surface area contributed by atoms with Crippen LogP contribution >= 0.6 is 0 Å². The van der Waals surface area contributed by atoms with Crippen LogP contribution in [0.5, 0.6) is 0 Å². The molecule has 2 aliphatic carbocycles. The lowest BCUT2D eigenvalue weighted by Crippen LogP contribution is -2.35. The topological polar surface area (TPSA) is 33.2 Å². The highest BCUT2D eigenvalue weighted by molar-refractivity contribution is 5.94. The second-order valence-electron chi connectivity index (χ2n) is 4.99. The minimum absolute atomic E-state index is 0.160. The standard InChI is InChI=1S/C13H15FN2O/c14-12-7-15-6-5-11(12)13(17)16(10-3-4-10)8-9-1-2-9/h5-7,9-10H,1-4,8H2. The summed E-state index contributed by atoms with van der Waals surface area (Å²) in [5.41, 5.74) is 0.160. The fourth-order valence-electron chi connectivity index (χ4n) is 2.07. The van der Waals surface area contributed by atoms with Gasteiger partial charge in [-0.25, -0.2) is 4.39 Å². The number of hydrogen-bond acceptors (Lipinski definition) is 2. The van der Waals surface area contributed by atoms with Gasteiger partial charge in [-0.15, -0.1) is 0 Å². The molecule has 2 saturated carbocycles. The zero-order chi connectivity index (χ0) is 11.8. The van der Waals surface area contributed by atoms with Crippen molar-refractivity contribution in [2.24, 2.45) is 5.92 Å². The van der Waals surface area contributed by atoms with E-state index in [4.69, 9.17) is 0 Å². The fourth-order valence-corrected chi connectivity index (χ4v) is 2.07. The molecular weight excluding hydrogens is 219 g/mol. The van der Waals surface area contributed by atoms with Gasteiger partial charge in [0.05, 0.1) is 11.8 Å². The summed E-state index contributed by atoms with van der Waals surface area (Å²) in [6.07, 6.45) is 7.11. The minimum Gasteiger partial charge on any atom is -0.335 e. The smallest absolute Gasteiger partial charge is 0.257 e. The van der Waals surface area contributed by atoms with Crippen molar-refractivity contribution in [3.63, 3.8) is 0 Å². The Hall–Kier alpha value is -1.45. The Morgan fingerprint density at radius 3 is 2.76 bits per heavy atom. The van der Waals surface area contributed by atoms with Crippen LogP contribution in [0.3, 0.4) is 0 Å². The molecule has 90 valence electrons. The molecule has 0 bridgehead atoms. The second-order valence-corrected chi connectivity index (χ2v) is 4.99. The maximum Gasteiger partial charge on any atom is 0.257 e. The van der Waals surface area contributed by atoms with Crippen LogP contribution in [0, 0.1) is 11.7 Å². The summed E-state index contributed by atoms with van der Waals surface area (Å²) in [6.45, 7) is 0.797. The summed E-state index contributed by atoms with van der Waals surface area (Å²) in [6, 6.07) is 1.82. The van der Waals surface area contributed by atoms with Crippen LogP contribution < -0.4 is 0 Å². The Morgan fingerprint density at radius 2 is 2.18 bits per heavy atom. The number of pyridine rings is 1. The second kappa shape index (κ2) is 4.09. The minimum atomic E-state index is -0.515. The van der Waals surface area contributed by atoms with E-state index in [9.17, 15) is 9.18 Å². The third-order valence-corrected chi connectivity index (χ3v) is 3.40. The van der Waals surface area contributed by atoms with E-state index in [2.05, 4.69) is 4.98 Å². The summed E-state index contributed by atoms with van der Waals surface area (Å²) in [5.74, 6) is -0.0392. The summed E-state index contributed by atoms with van der Waals surface area (Å²) < 4.78 is 13.5. The Bertz CT molecular complexity index is 441. The van der Waals surface area contributed by atoms with Crippen LogP contribution in [0.4, 0.5) is 4.39 Å².